The van der Waals surface area contributed by atoms with Gasteiger partial charge in [-0.25, -0.2) is 9.78 Å². The number of carbonyl (C=O) groups is 1. The van der Waals surface area contributed by atoms with Crippen LogP contribution in [0.1, 0.15) is 30.6 Å². The normalized spacial score (nSPS) is 20.1. The van der Waals surface area contributed by atoms with E-state index >= 15 is 0 Å². The lowest BCUT2D eigenvalue weighted by molar-refractivity contribution is 0.0526. The third kappa shape index (κ3) is 3.64. The summed E-state index contributed by atoms with van der Waals surface area (Å²) < 4.78 is 5.13. The third-order valence-electron chi connectivity index (χ3n) is 3.70. The van der Waals surface area contributed by atoms with Crippen molar-refractivity contribution in [1.29, 1.82) is 0 Å². The minimum Gasteiger partial charge on any atom is -0.462 e. The number of pyridine rings is 1. The summed E-state index contributed by atoms with van der Waals surface area (Å²) in [5, 5.41) is 0. The minimum absolute atomic E-state index is 0.279. The minimum atomic E-state index is -0.364. The fourth-order valence-electron chi connectivity index (χ4n) is 2.75. The number of ether oxygens (including phenoxy) is 1. The average molecular weight is 292 g/mol. The number of nitrogens with zero attached hydrogens (tertiary/aromatic N) is 3. The lowest BCUT2D eigenvalue weighted by Crippen LogP contribution is -2.39. The number of aromatic nitrogens is 1. The van der Waals surface area contributed by atoms with Crippen LogP contribution in [0.25, 0.3) is 0 Å². The Kier molecular flexibility index (Phi) is 5.01. The quantitative estimate of drug-likeness (QED) is 0.848. The summed E-state index contributed by atoms with van der Waals surface area (Å²) in [5.41, 5.74) is 6.71. The van der Waals surface area contributed by atoms with E-state index in [0.717, 1.165) is 26.1 Å². The average Bonchev–Trinajstić information content (AvgIpc) is 2.60. The van der Waals surface area contributed by atoms with E-state index in [4.69, 9.17) is 10.5 Å². The Morgan fingerprint density at radius 1 is 1.52 bits per heavy atom. The van der Waals surface area contributed by atoms with Crippen LogP contribution in [0.2, 0.25) is 0 Å². The molecule has 21 heavy (non-hydrogen) atoms. The molecule has 1 fully saturated rings. The number of anilines is 2. The van der Waals surface area contributed by atoms with E-state index in [1.807, 2.05) is 0 Å². The molecule has 1 unspecified atom stereocenters. The van der Waals surface area contributed by atoms with Gasteiger partial charge in [0.25, 0.3) is 0 Å². The molecule has 0 amide bonds. The number of carbonyl (C=O) groups excluding carboxylic acids is 1. The Labute approximate surface area is 125 Å². The van der Waals surface area contributed by atoms with Crippen LogP contribution in [0.15, 0.2) is 12.3 Å². The van der Waals surface area contributed by atoms with Gasteiger partial charge in [0.1, 0.15) is 11.4 Å². The zero-order valence-electron chi connectivity index (χ0n) is 13.0. The molecule has 1 atom stereocenters. The van der Waals surface area contributed by atoms with Crippen LogP contribution in [0, 0.1) is 0 Å². The molecule has 0 spiro atoms. The first kappa shape index (κ1) is 15.6. The number of likely N-dealkylation sites (N-methyl/N-ethyl adjacent to an activating group) is 1. The molecule has 6 nitrogen and oxygen atoms in total. The first-order valence-electron chi connectivity index (χ1n) is 7.40. The topological polar surface area (TPSA) is 71.7 Å². The van der Waals surface area contributed by atoms with Crippen LogP contribution in [0.5, 0.6) is 0 Å². The predicted molar refractivity (Wildman–Crippen MR) is 83.5 cm³/mol. The Morgan fingerprint density at radius 2 is 2.29 bits per heavy atom. The second kappa shape index (κ2) is 6.76. The fraction of sp³-hybridized carbons (Fsp3) is 0.600. The second-order valence-electron chi connectivity index (χ2n) is 5.52. The smallest absolute Gasteiger partial charge is 0.341 e. The number of hydrogen-bond donors (Lipinski definition) is 1. The van der Waals surface area contributed by atoms with Crippen molar-refractivity contribution in [3.63, 3.8) is 0 Å². The number of nitrogens with two attached hydrogens (primary N) is 1. The molecular formula is C15H24N4O2. The lowest BCUT2D eigenvalue weighted by atomic mass is 10.2. The number of nitrogen functional groups attached to an aromatic ring is 1. The maximum atomic E-state index is 12.2. The highest BCUT2D eigenvalue weighted by molar-refractivity contribution is 5.95. The lowest BCUT2D eigenvalue weighted by Gasteiger charge is -2.30. The molecule has 1 aromatic rings. The molecule has 0 aliphatic carbocycles. The maximum Gasteiger partial charge on any atom is 0.341 e. The summed E-state index contributed by atoms with van der Waals surface area (Å²) in [5.74, 6) is 0.308. The summed E-state index contributed by atoms with van der Waals surface area (Å²) in [4.78, 5) is 21.0. The van der Waals surface area contributed by atoms with E-state index in [0.29, 0.717) is 23.7 Å². The maximum absolute atomic E-state index is 12.2. The van der Waals surface area contributed by atoms with Crippen LogP contribution >= 0.6 is 0 Å². The zero-order chi connectivity index (χ0) is 15.4. The van der Waals surface area contributed by atoms with Crippen molar-refractivity contribution < 1.29 is 9.53 Å². The summed E-state index contributed by atoms with van der Waals surface area (Å²) >= 11 is 0. The zero-order valence-corrected chi connectivity index (χ0v) is 13.0. The van der Waals surface area contributed by atoms with Gasteiger partial charge in [0, 0.05) is 19.1 Å². The molecule has 0 radical (unpaired) electrons. The number of hydrogen-bond acceptors (Lipinski definition) is 6. The largest absolute Gasteiger partial charge is 0.462 e. The summed E-state index contributed by atoms with van der Waals surface area (Å²) in [7, 11) is 2.11. The van der Waals surface area contributed by atoms with Gasteiger partial charge in [-0.2, -0.15) is 0 Å². The highest BCUT2D eigenvalue weighted by atomic mass is 16.5. The van der Waals surface area contributed by atoms with Crippen LogP contribution in [-0.2, 0) is 4.74 Å². The van der Waals surface area contributed by atoms with Gasteiger partial charge in [-0.1, -0.05) is 0 Å². The van der Waals surface area contributed by atoms with Gasteiger partial charge in [-0.15, -0.1) is 0 Å². The fourth-order valence-corrected chi connectivity index (χ4v) is 2.75. The van der Waals surface area contributed by atoms with Crippen LogP contribution in [0.3, 0.4) is 0 Å². The van der Waals surface area contributed by atoms with E-state index in [1.165, 1.54) is 0 Å². The highest BCUT2D eigenvalue weighted by Gasteiger charge is 2.25. The Balaban J connectivity index is 2.35. The van der Waals surface area contributed by atoms with Crippen molar-refractivity contribution in [2.75, 3.05) is 43.9 Å². The molecular weight excluding hydrogens is 268 g/mol. The number of rotatable bonds is 3. The third-order valence-corrected chi connectivity index (χ3v) is 3.70. The van der Waals surface area contributed by atoms with Crippen molar-refractivity contribution in [2.45, 2.75) is 26.3 Å². The summed E-state index contributed by atoms with van der Waals surface area (Å²) in [6.45, 7) is 7.13. The molecule has 1 aliphatic rings. The van der Waals surface area contributed by atoms with Crippen LogP contribution in [-0.4, -0.2) is 55.2 Å². The van der Waals surface area contributed by atoms with Gasteiger partial charge in [-0.3, -0.25) is 0 Å². The van der Waals surface area contributed by atoms with Crippen molar-refractivity contribution >= 4 is 17.5 Å². The van der Waals surface area contributed by atoms with Crippen molar-refractivity contribution in [1.82, 2.24) is 9.88 Å². The second-order valence-corrected chi connectivity index (χ2v) is 5.52. The molecule has 6 heteroatoms. The standard InChI is InChI=1S/C15H24N4O2/c1-4-21-15(20)13-8-12(16)9-17-14(13)19-7-5-6-18(3)10-11(19)2/h8-9,11H,4-7,10,16H2,1-3H3. The molecule has 2 N–H and O–H groups in total. The van der Waals surface area contributed by atoms with Gasteiger partial charge in [0.05, 0.1) is 18.5 Å². The van der Waals surface area contributed by atoms with E-state index in [2.05, 4.69) is 28.8 Å². The summed E-state index contributed by atoms with van der Waals surface area (Å²) in [6.07, 6.45) is 2.63. The van der Waals surface area contributed by atoms with E-state index in [-0.39, 0.29) is 12.0 Å². The first-order chi connectivity index (χ1) is 10.0. The molecule has 0 bridgehead atoms. The molecule has 1 aliphatic heterocycles. The SMILES string of the molecule is CCOC(=O)c1cc(N)cnc1N1CCCN(C)CC1C. The van der Waals surface area contributed by atoms with E-state index in [1.54, 1.807) is 19.2 Å². The summed E-state index contributed by atoms with van der Waals surface area (Å²) in [6, 6.07) is 1.93. The van der Waals surface area contributed by atoms with Gasteiger partial charge in [0.2, 0.25) is 0 Å². The van der Waals surface area contributed by atoms with E-state index in [9.17, 15) is 4.79 Å². The van der Waals surface area contributed by atoms with E-state index < -0.39 is 0 Å². The molecule has 116 valence electrons. The molecule has 0 saturated carbocycles. The van der Waals surface area contributed by atoms with Gasteiger partial charge < -0.3 is 20.3 Å². The Hall–Kier alpha value is -1.82. The molecule has 2 heterocycles. The van der Waals surface area contributed by atoms with Crippen molar-refractivity contribution in [2.24, 2.45) is 0 Å². The Bertz CT molecular complexity index is 506. The van der Waals surface area contributed by atoms with Crippen molar-refractivity contribution in [3.05, 3.63) is 17.8 Å². The van der Waals surface area contributed by atoms with Crippen LogP contribution < -0.4 is 10.6 Å². The molecule has 1 aromatic heterocycles. The van der Waals surface area contributed by atoms with Crippen molar-refractivity contribution in [3.8, 4) is 0 Å². The van der Waals surface area contributed by atoms with Gasteiger partial charge in [-0.05, 0) is 39.9 Å². The monoisotopic (exact) mass is 292 g/mol. The van der Waals surface area contributed by atoms with Crippen LogP contribution in [0.4, 0.5) is 11.5 Å². The van der Waals surface area contributed by atoms with Gasteiger partial charge >= 0.3 is 5.97 Å². The molecule has 2 rings (SSSR count). The first-order valence-corrected chi connectivity index (χ1v) is 7.40. The highest BCUT2D eigenvalue weighted by Crippen LogP contribution is 2.24. The van der Waals surface area contributed by atoms with Gasteiger partial charge in [0.15, 0.2) is 0 Å². The number of esters is 1. The molecule has 1 saturated heterocycles. The predicted octanol–water partition coefficient (Wildman–Crippen LogP) is 1.37. The Morgan fingerprint density at radius 3 is 3.00 bits per heavy atom. The molecule has 0 aromatic carbocycles.